The highest BCUT2D eigenvalue weighted by molar-refractivity contribution is 6.70. The molecule has 2 saturated carbocycles. The Morgan fingerprint density at radius 1 is 0.824 bits per heavy atom. The standard InChI is InChI=1S/C28H52O3Si3/c1-27-16-14-21(29-32(3,4)5)18-20(27)12-13-22-23(27)15-17-28(2)24(22)19-25(30-33(6,7)8)26(28)31-34(9,10)11/h12,18,22-26H,13-17,19H2,1-11H3. The van der Waals surface area contributed by atoms with E-state index in [1.807, 2.05) is 0 Å². The Bertz CT molecular complexity index is 846. The van der Waals surface area contributed by atoms with Crippen molar-refractivity contribution in [3.63, 3.8) is 0 Å². The van der Waals surface area contributed by atoms with Crippen molar-refractivity contribution in [2.75, 3.05) is 0 Å². The molecule has 0 radical (unpaired) electrons. The van der Waals surface area contributed by atoms with Gasteiger partial charge < -0.3 is 13.3 Å². The van der Waals surface area contributed by atoms with Crippen molar-refractivity contribution in [1.29, 1.82) is 0 Å². The van der Waals surface area contributed by atoms with E-state index < -0.39 is 25.0 Å². The Morgan fingerprint density at radius 3 is 2.06 bits per heavy atom. The molecule has 0 aromatic carbocycles. The molecule has 34 heavy (non-hydrogen) atoms. The van der Waals surface area contributed by atoms with Crippen LogP contribution in [0.1, 0.15) is 52.4 Å². The Labute approximate surface area is 213 Å². The number of fused-ring (bicyclic) bond motifs is 5. The molecule has 194 valence electrons. The van der Waals surface area contributed by atoms with Gasteiger partial charge in [-0.05, 0) is 131 Å². The predicted octanol–water partition coefficient (Wildman–Crippen LogP) is 8.34. The second-order valence-corrected chi connectivity index (χ2v) is 28.6. The second-order valence-electron chi connectivity index (χ2n) is 15.2. The van der Waals surface area contributed by atoms with Gasteiger partial charge in [0.05, 0.1) is 18.0 Å². The number of allylic oxidation sites excluding steroid dienone is 4. The third-order valence-corrected chi connectivity index (χ3v) is 11.9. The van der Waals surface area contributed by atoms with E-state index >= 15 is 0 Å². The normalized spacial score (nSPS) is 40.6. The van der Waals surface area contributed by atoms with E-state index in [4.69, 9.17) is 13.3 Å². The molecular weight excluding hydrogens is 469 g/mol. The van der Waals surface area contributed by atoms with Gasteiger partial charge in [0.15, 0.2) is 16.6 Å². The molecule has 0 aromatic rings. The zero-order valence-electron chi connectivity index (χ0n) is 24.0. The van der Waals surface area contributed by atoms with Crippen molar-refractivity contribution >= 4 is 25.0 Å². The van der Waals surface area contributed by atoms with E-state index in [0.717, 1.165) is 18.3 Å². The summed E-state index contributed by atoms with van der Waals surface area (Å²) in [7, 11) is -4.88. The Kier molecular flexibility index (Phi) is 6.89. The van der Waals surface area contributed by atoms with Crippen LogP contribution in [0.25, 0.3) is 0 Å². The predicted molar refractivity (Wildman–Crippen MR) is 151 cm³/mol. The van der Waals surface area contributed by atoms with Gasteiger partial charge in [0.1, 0.15) is 0 Å². The molecule has 4 aliphatic rings. The van der Waals surface area contributed by atoms with Crippen LogP contribution >= 0.6 is 0 Å². The lowest BCUT2D eigenvalue weighted by Crippen LogP contribution is -2.53. The molecule has 4 aliphatic carbocycles. The van der Waals surface area contributed by atoms with E-state index in [1.165, 1.54) is 37.9 Å². The van der Waals surface area contributed by atoms with Gasteiger partial charge in [-0.3, -0.25) is 0 Å². The van der Waals surface area contributed by atoms with Gasteiger partial charge in [-0.1, -0.05) is 19.9 Å². The van der Waals surface area contributed by atoms with Crippen LogP contribution in [0.5, 0.6) is 0 Å². The summed E-state index contributed by atoms with van der Waals surface area (Å²) in [6.07, 6.45) is 12.9. The van der Waals surface area contributed by atoms with Crippen LogP contribution in [0, 0.1) is 28.6 Å². The molecule has 0 bridgehead atoms. The first-order valence-electron chi connectivity index (χ1n) is 13.9. The summed E-state index contributed by atoms with van der Waals surface area (Å²) < 4.78 is 20.3. The summed E-state index contributed by atoms with van der Waals surface area (Å²) >= 11 is 0. The Hall–Kier alpha value is -0.149. The summed E-state index contributed by atoms with van der Waals surface area (Å²) in [5, 5.41) is 0. The fourth-order valence-corrected chi connectivity index (χ4v) is 11.1. The summed E-state index contributed by atoms with van der Waals surface area (Å²) in [5.41, 5.74) is 2.10. The number of rotatable bonds is 6. The highest BCUT2D eigenvalue weighted by Gasteiger charge is 2.62. The third kappa shape index (κ3) is 5.27. The van der Waals surface area contributed by atoms with Gasteiger partial charge in [-0.15, -0.1) is 0 Å². The minimum absolute atomic E-state index is 0.240. The molecule has 3 nitrogen and oxygen atoms in total. The van der Waals surface area contributed by atoms with Crippen molar-refractivity contribution in [3.8, 4) is 0 Å². The molecule has 0 spiro atoms. The van der Waals surface area contributed by atoms with Crippen LogP contribution in [0.4, 0.5) is 0 Å². The first-order chi connectivity index (χ1) is 15.4. The SMILES string of the molecule is CC12CCC(O[Si](C)(C)C)=CC1=CCC1C2CCC2(C)C1CC(O[Si](C)(C)C)C2O[Si](C)(C)C. The average Bonchev–Trinajstić information content (AvgIpc) is 2.90. The molecule has 0 heterocycles. The lowest BCUT2D eigenvalue weighted by molar-refractivity contribution is -0.0672. The molecule has 6 heteroatoms. The first-order valence-corrected chi connectivity index (χ1v) is 24.1. The lowest BCUT2D eigenvalue weighted by atomic mass is 9.48. The van der Waals surface area contributed by atoms with E-state index in [2.05, 4.69) is 84.9 Å². The van der Waals surface area contributed by atoms with Gasteiger partial charge in [0, 0.05) is 6.42 Å². The molecule has 7 unspecified atom stereocenters. The van der Waals surface area contributed by atoms with E-state index in [1.54, 1.807) is 5.57 Å². The number of hydrogen-bond donors (Lipinski definition) is 0. The molecule has 0 saturated heterocycles. The van der Waals surface area contributed by atoms with Crippen molar-refractivity contribution < 1.29 is 13.3 Å². The second kappa shape index (κ2) is 8.71. The molecule has 4 rings (SSSR count). The fraction of sp³-hybridized carbons (Fsp3) is 0.857. The zero-order valence-corrected chi connectivity index (χ0v) is 27.0. The summed E-state index contributed by atoms with van der Waals surface area (Å²) in [6, 6.07) is 0. The molecule has 2 fully saturated rings. The van der Waals surface area contributed by atoms with Crippen molar-refractivity contribution in [3.05, 3.63) is 23.5 Å². The van der Waals surface area contributed by atoms with E-state index in [-0.39, 0.29) is 17.6 Å². The molecule has 0 N–H and O–H groups in total. The zero-order chi connectivity index (χ0) is 25.3. The van der Waals surface area contributed by atoms with Gasteiger partial charge in [0.2, 0.25) is 8.32 Å². The van der Waals surface area contributed by atoms with E-state index in [0.29, 0.717) is 11.3 Å². The van der Waals surface area contributed by atoms with Crippen molar-refractivity contribution in [2.45, 2.75) is 124 Å². The van der Waals surface area contributed by atoms with E-state index in [9.17, 15) is 0 Å². The van der Waals surface area contributed by atoms with Crippen LogP contribution in [0.2, 0.25) is 58.9 Å². The highest BCUT2D eigenvalue weighted by Crippen LogP contribution is 2.65. The van der Waals surface area contributed by atoms with Gasteiger partial charge in [0.25, 0.3) is 0 Å². The van der Waals surface area contributed by atoms with Crippen molar-refractivity contribution in [2.24, 2.45) is 28.6 Å². The monoisotopic (exact) mass is 520 g/mol. The van der Waals surface area contributed by atoms with Crippen LogP contribution in [0.3, 0.4) is 0 Å². The van der Waals surface area contributed by atoms with Gasteiger partial charge >= 0.3 is 0 Å². The molecule has 0 amide bonds. The maximum Gasteiger partial charge on any atom is 0.241 e. The minimum atomic E-state index is -1.67. The van der Waals surface area contributed by atoms with Crippen LogP contribution < -0.4 is 0 Å². The molecule has 7 atom stereocenters. The van der Waals surface area contributed by atoms with Crippen LogP contribution in [-0.2, 0) is 13.3 Å². The topological polar surface area (TPSA) is 27.7 Å². The van der Waals surface area contributed by atoms with Crippen LogP contribution in [0.15, 0.2) is 23.5 Å². The van der Waals surface area contributed by atoms with Crippen LogP contribution in [-0.4, -0.2) is 37.2 Å². The quantitative estimate of drug-likeness (QED) is 0.329. The summed E-state index contributed by atoms with van der Waals surface area (Å²) in [5.74, 6) is 3.47. The Morgan fingerprint density at radius 2 is 1.47 bits per heavy atom. The van der Waals surface area contributed by atoms with Gasteiger partial charge in [-0.2, -0.15) is 0 Å². The third-order valence-electron chi connectivity index (χ3n) is 9.07. The average molecular weight is 521 g/mol. The molecular formula is C28H52O3Si3. The van der Waals surface area contributed by atoms with Gasteiger partial charge in [-0.25, -0.2) is 0 Å². The Balaban J connectivity index is 1.64. The largest absolute Gasteiger partial charge is 0.547 e. The molecule has 0 aromatic heterocycles. The maximum atomic E-state index is 7.00. The number of hydrogen-bond acceptors (Lipinski definition) is 3. The lowest BCUT2D eigenvalue weighted by Gasteiger charge is -2.57. The summed E-state index contributed by atoms with van der Waals surface area (Å²) in [4.78, 5) is 0. The fourth-order valence-electron chi connectivity index (χ4n) is 7.87. The highest BCUT2D eigenvalue weighted by atomic mass is 28.4. The maximum absolute atomic E-state index is 7.00. The summed E-state index contributed by atoms with van der Waals surface area (Å²) in [6.45, 7) is 26.1. The van der Waals surface area contributed by atoms with Crippen molar-refractivity contribution in [1.82, 2.24) is 0 Å². The first kappa shape index (κ1) is 26.9. The molecule has 0 aliphatic heterocycles. The smallest absolute Gasteiger partial charge is 0.241 e. The minimum Gasteiger partial charge on any atom is -0.547 e.